The van der Waals surface area contributed by atoms with Crippen LogP contribution in [-0.2, 0) is 21.9 Å². The third-order valence-electron chi connectivity index (χ3n) is 2.95. The van der Waals surface area contributed by atoms with Gasteiger partial charge < -0.3 is 4.79 Å². The molecular formula is C9H13BrN4O3S. The summed E-state index contributed by atoms with van der Waals surface area (Å²) in [7, 11) is -2.24. The second-order valence-electron chi connectivity index (χ2n) is 4.12. The zero-order valence-corrected chi connectivity index (χ0v) is 12.2. The number of sulfonamides is 1. The molecule has 0 radical (unpaired) electrons. The largest absolute Gasteiger partial charge is 0.302 e. The van der Waals surface area contributed by atoms with Crippen molar-refractivity contribution < 1.29 is 13.2 Å². The van der Waals surface area contributed by atoms with E-state index in [9.17, 15) is 13.2 Å². The van der Waals surface area contributed by atoms with Crippen molar-refractivity contribution in [3.8, 4) is 0 Å². The van der Waals surface area contributed by atoms with Gasteiger partial charge in [-0.25, -0.2) is 13.1 Å². The van der Waals surface area contributed by atoms with Gasteiger partial charge >= 0.3 is 0 Å². The quantitative estimate of drug-likeness (QED) is 0.742. The van der Waals surface area contributed by atoms with Gasteiger partial charge in [-0.2, -0.15) is 4.31 Å². The summed E-state index contributed by atoms with van der Waals surface area (Å²) < 4.78 is 27.6. The van der Waals surface area contributed by atoms with Gasteiger partial charge in [0.2, 0.25) is 5.03 Å². The first-order chi connectivity index (χ1) is 8.48. The van der Waals surface area contributed by atoms with Crippen molar-refractivity contribution in [3.63, 3.8) is 0 Å². The van der Waals surface area contributed by atoms with E-state index in [1.165, 1.54) is 16.0 Å². The Kier molecular flexibility index (Phi) is 3.83. The van der Waals surface area contributed by atoms with Gasteiger partial charge in [0.15, 0.2) is 4.60 Å². The fraction of sp³-hybridized carbons (Fsp3) is 0.667. The molecular weight excluding hydrogens is 324 g/mol. The van der Waals surface area contributed by atoms with E-state index >= 15 is 0 Å². The Balaban J connectivity index is 2.45. The summed E-state index contributed by atoms with van der Waals surface area (Å²) in [6, 6.07) is -0.592. The highest BCUT2D eigenvalue weighted by Crippen LogP contribution is 2.27. The van der Waals surface area contributed by atoms with E-state index in [4.69, 9.17) is 0 Å². The lowest BCUT2D eigenvalue weighted by atomic mass is 10.1. The molecule has 2 heterocycles. The summed E-state index contributed by atoms with van der Waals surface area (Å²) in [5, 5.41) is 7.30. The average molecular weight is 337 g/mol. The van der Waals surface area contributed by atoms with E-state index in [1.54, 1.807) is 0 Å². The van der Waals surface area contributed by atoms with Crippen LogP contribution in [0.15, 0.2) is 9.63 Å². The van der Waals surface area contributed by atoms with Crippen molar-refractivity contribution in [2.75, 3.05) is 6.54 Å². The first-order valence-electron chi connectivity index (χ1n) is 5.51. The van der Waals surface area contributed by atoms with Crippen LogP contribution >= 0.6 is 15.9 Å². The molecule has 1 unspecified atom stereocenters. The molecule has 9 heteroatoms. The van der Waals surface area contributed by atoms with Crippen LogP contribution in [0.2, 0.25) is 0 Å². The lowest BCUT2D eigenvalue weighted by Gasteiger charge is -2.30. The Labute approximate surface area is 113 Å². The Morgan fingerprint density at radius 2 is 2.17 bits per heavy atom. The van der Waals surface area contributed by atoms with Crippen LogP contribution in [-0.4, -0.2) is 46.6 Å². The van der Waals surface area contributed by atoms with Gasteiger partial charge in [0.1, 0.15) is 6.29 Å². The van der Waals surface area contributed by atoms with Crippen molar-refractivity contribution >= 4 is 32.2 Å². The highest BCUT2D eigenvalue weighted by Gasteiger charge is 2.37. The third kappa shape index (κ3) is 2.21. The number of aldehydes is 1. The van der Waals surface area contributed by atoms with Crippen LogP contribution in [0.3, 0.4) is 0 Å². The molecule has 1 aliphatic rings. The zero-order valence-electron chi connectivity index (χ0n) is 9.78. The number of carbonyl (C=O) groups excluding carboxylic acids is 1. The highest BCUT2D eigenvalue weighted by atomic mass is 79.9. The minimum atomic E-state index is -3.75. The van der Waals surface area contributed by atoms with Crippen molar-refractivity contribution in [1.82, 2.24) is 19.3 Å². The molecule has 0 amide bonds. The van der Waals surface area contributed by atoms with Gasteiger partial charge in [-0.05, 0) is 28.8 Å². The molecule has 0 spiro atoms. The normalized spacial score (nSPS) is 22.0. The van der Waals surface area contributed by atoms with E-state index in [-0.39, 0.29) is 9.63 Å². The molecule has 2 rings (SSSR count). The maximum Gasteiger partial charge on any atom is 0.263 e. The molecule has 1 aliphatic heterocycles. The monoisotopic (exact) mass is 336 g/mol. The first-order valence-corrected chi connectivity index (χ1v) is 7.74. The van der Waals surface area contributed by atoms with Gasteiger partial charge in [-0.15, -0.1) is 5.10 Å². The summed E-state index contributed by atoms with van der Waals surface area (Å²) >= 11 is 3.07. The molecule has 0 saturated carbocycles. The second kappa shape index (κ2) is 5.06. The number of nitrogens with zero attached hydrogens (tertiary/aromatic N) is 4. The van der Waals surface area contributed by atoms with Crippen LogP contribution in [0.5, 0.6) is 0 Å². The summed E-state index contributed by atoms with van der Waals surface area (Å²) in [4.78, 5) is 11.0. The smallest absolute Gasteiger partial charge is 0.263 e. The van der Waals surface area contributed by atoms with E-state index in [0.29, 0.717) is 19.3 Å². The number of halogens is 1. The average Bonchev–Trinajstić information content (AvgIpc) is 2.69. The van der Waals surface area contributed by atoms with E-state index in [1.807, 2.05) is 0 Å². The van der Waals surface area contributed by atoms with Crippen molar-refractivity contribution in [2.45, 2.75) is 30.3 Å². The molecule has 1 fully saturated rings. The van der Waals surface area contributed by atoms with Gasteiger partial charge in [0.25, 0.3) is 10.0 Å². The van der Waals surface area contributed by atoms with Gasteiger partial charge in [-0.3, -0.25) is 0 Å². The van der Waals surface area contributed by atoms with E-state index in [2.05, 4.69) is 26.2 Å². The Hall–Kier alpha value is -0.800. The molecule has 1 atom stereocenters. The molecule has 0 bridgehead atoms. The number of hydrogen-bond acceptors (Lipinski definition) is 5. The van der Waals surface area contributed by atoms with Crippen molar-refractivity contribution in [2.24, 2.45) is 7.05 Å². The maximum atomic E-state index is 12.5. The molecule has 7 nitrogen and oxygen atoms in total. The maximum absolute atomic E-state index is 12.5. The molecule has 1 aromatic rings. The number of aromatic nitrogens is 3. The lowest BCUT2D eigenvalue weighted by Crippen LogP contribution is -2.45. The van der Waals surface area contributed by atoms with Crippen molar-refractivity contribution in [3.05, 3.63) is 4.60 Å². The van der Waals surface area contributed by atoms with Crippen LogP contribution in [0.4, 0.5) is 0 Å². The zero-order chi connectivity index (χ0) is 13.3. The summed E-state index contributed by atoms with van der Waals surface area (Å²) in [5.74, 6) is 0. The van der Waals surface area contributed by atoms with Gasteiger partial charge in [0, 0.05) is 13.6 Å². The van der Waals surface area contributed by atoms with Crippen molar-refractivity contribution in [1.29, 1.82) is 0 Å². The summed E-state index contributed by atoms with van der Waals surface area (Å²) in [6.07, 6.45) is 2.87. The van der Waals surface area contributed by atoms with E-state index < -0.39 is 16.1 Å². The number of hydrogen-bond donors (Lipinski definition) is 0. The minimum absolute atomic E-state index is 0.0174. The van der Waals surface area contributed by atoms with Crippen LogP contribution in [0.1, 0.15) is 19.3 Å². The van der Waals surface area contributed by atoms with Crippen LogP contribution in [0.25, 0.3) is 0 Å². The fourth-order valence-electron chi connectivity index (χ4n) is 2.07. The van der Waals surface area contributed by atoms with E-state index in [0.717, 1.165) is 12.8 Å². The standard InChI is InChI=1S/C9H13BrN4O3S/c1-13-9(8(10)11-12-13)18(16,17)14-5-3-2-4-7(14)6-15/h6-7H,2-5H2,1H3. The SMILES string of the molecule is Cn1nnc(Br)c1S(=O)(=O)N1CCCCC1C=O. The first kappa shape index (κ1) is 13.6. The topological polar surface area (TPSA) is 85.2 Å². The Morgan fingerprint density at radius 1 is 1.44 bits per heavy atom. The molecule has 0 aromatic carbocycles. The minimum Gasteiger partial charge on any atom is -0.302 e. The molecule has 18 heavy (non-hydrogen) atoms. The molecule has 0 aliphatic carbocycles. The van der Waals surface area contributed by atoms with Gasteiger partial charge in [-0.1, -0.05) is 11.6 Å². The second-order valence-corrected chi connectivity index (χ2v) is 6.68. The Morgan fingerprint density at radius 3 is 2.72 bits per heavy atom. The van der Waals surface area contributed by atoms with Crippen LogP contribution < -0.4 is 0 Å². The number of carbonyl (C=O) groups is 1. The lowest BCUT2D eigenvalue weighted by molar-refractivity contribution is -0.111. The Bertz CT molecular complexity index is 537. The molecule has 1 aromatic heterocycles. The van der Waals surface area contributed by atoms with Crippen LogP contribution in [0, 0.1) is 0 Å². The third-order valence-corrected chi connectivity index (χ3v) is 5.76. The number of rotatable bonds is 3. The number of aryl methyl sites for hydroxylation is 1. The molecule has 100 valence electrons. The summed E-state index contributed by atoms with van der Waals surface area (Å²) in [6.45, 7) is 0.351. The fourth-order valence-corrected chi connectivity index (χ4v) is 4.74. The molecule has 0 N–H and O–H groups in total. The van der Waals surface area contributed by atoms with Gasteiger partial charge in [0.05, 0.1) is 6.04 Å². The molecule has 1 saturated heterocycles. The predicted molar refractivity (Wildman–Crippen MR) is 66.3 cm³/mol. The highest BCUT2D eigenvalue weighted by molar-refractivity contribution is 9.10. The number of piperidine rings is 1. The summed E-state index contributed by atoms with van der Waals surface area (Å²) in [5.41, 5.74) is 0. The predicted octanol–water partition coefficient (Wildman–Crippen LogP) is 0.320.